The molecule has 2 aromatic rings. The zero-order valence-corrected chi connectivity index (χ0v) is 13.5. The van der Waals surface area contributed by atoms with Gasteiger partial charge in [-0.15, -0.1) is 10.2 Å². The summed E-state index contributed by atoms with van der Waals surface area (Å²) in [7, 11) is 1.77. The highest BCUT2D eigenvalue weighted by Crippen LogP contribution is 2.13. The number of hydrogen-bond donors (Lipinski definition) is 2. The molecule has 0 saturated carbocycles. The van der Waals surface area contributed by atoms with Crippen LogP contribution in [0, 0.1) is 0 Å². The summed E-state index contributed by atoms with van der Waals surface area (Å²) in [6.07, 6.45) is 6.13. The monoisotopic (exact) mass is 313 g/mol. The van der Waals surface area contributed by atoms with Crippen LogP contribution in [0.5, 0.6) is 0 Å². The molecule has 0 saturated heterocycles. The van der Waals surface area contributed by atoms with E-state index in [0.29, 0.717) is 6.54 Å². The van der Waals surface area contributed by atoms with Crippen molar-refractivity contribution in [3.05, 3.63) is 41.7 Å². The molecule has 0 unspecified atom stereocenters. The van der Waals surface area contributed by atoms with E-state index in [1.807, 2.05) is 24.4 Å². The Kier molecular flexibility index (Phi) is 5.18. The third kappa shape index (κ3) is 4.06. The standard InChI is InChI=1S/C16H23N7/c1-17-16(19-10-8-13-6-2-4-9-18-13)20-12-15-22-21-14-7-3-5-11-23(14)15/h2,4,6,9H,3,5,7-8,10-12H2,1H3,(H2,17,19,20). The maximum atomic E-state index is 4.31. The number of aryl methyl sites for hydroxylation is 1. The minimum atomic E-state index is 0.635. The highest BCUT2D eigenvalue weighted by Gasteiger charge is 2.15. The van der Waals surface area contributed by atoms with E-state index in [4.69, 9.17) is 0 Å². The summed E-state index contributed by atoms with van der Waals surface area (Å²) in [5.41, 5.74) is 1.07. The topological polar surface area (TPSA) is 80.0 Å². The van der Waals surface area contributed by atoms with E-state index in [2.05, 4.69) is 35.4 Å². The van der Waals surface area contributed by atoms with Gasteiger partial charge in [-0.25, -0.2) is 0 Å². The zero-order chi connectivity index (χ0) is 15.9. The third-order valence-corrected chi connectivity index (χ3v) is 3.97. The van der Waals surface area contributed by atoms with Gasteiger partial charge in [0.1, 0.15) is 5.82 Å². The Labute approximate surface area is 136 Å². The quantitative estimate of drug-likeness (QED) is 0.634. The first-order valence-corrected chi connectivity index (χ1v) is 8.12. The van der Waals surface area contributed by atoms with E-state index in [-0.39, 0.29) is 0 Å². The minimum Gasteiger partial charge on any atom is -0.356 e. The van der Waals surface area contributed by atoms with E-state index in [1.54, 1.807) is 7.05 Å². The lowest BCUT2D eigenvalue weighted by molar-refractivity contribution is 0.504. The molecule has 23 heavy (non-hydrogen) atoms. The summed E-state index contributed by atoms with van der Waals surface area (Å²) < 4.78 is 2.22. The summed E-state index contributed by atoms with van der Waals surface area (Å²) in [5.74, 6) is 2.85. The molecule has 3 heterocycles. The molecule has 0 aromatic carbocycles. The average molecular weight is 313 g/mol. The molecule has 7 heteroatoms. The molecular weight excluding hydrogens is 290 g/mol. The summed E-state index contributed by atoms with van der Waals surface area (Å²) in [5, 5.41) is 15.2. The molecule has 0 bridgehead atoms. The van der Waals surface area contributed by atoms with Crippen LogP contribution in [-0.4, -0.2) is 39.3 Å². The van der Waals surface area contributed by atoms with Crippen molar-refractivity contribution in [2.75, 3.05) is 13.6 Å². The lowest BCUT2D eigenvalue weighted by Gasteiger charge is -2.16. The number of nitrogens with one attached hydrogen (secondary N) is 2. The Morgan fingerprint density at radius 3 is 3.04 bits per heavy atom. The summed E-state index contributed by atoms with van der Waals surface area (Å²) in [4.78, 5) is 8.56. The van der Waals surface area contributed by atoms with Crippen molar-refractivity contribution in [1.29, 1.82) is 0 Å². The van der Waals surface area contributed by atoms with Crippen molar-refractivity contribution in [3.8, 4) is 0 Å². The number of guanidine groups is 1. The molecule has 3 rings (SSSR count). The van der Waals surface area contributed by atoms with Crippen molar-refractivity contribution in [3.63, 3.8) is 0 Å². The molecule has 2 aromatic heterocycles. The van der Waals surface area contributed by atoms with E-state index in [1.165, 1.54) is 12.8 Å². The second-order valence-corrected chi connectivity index (χ2v) is 5.56. The van der Waals surface area contributed by atoms with Crippen molar-refractivity contribution in [1.82, 2.24) is 30.4 Å². The van der Waals surface area contributed by atoms with E-state index < -0.39 is 0 Å². The molecule has 1 aliphatic heterocycles. The molecule has 0 radical (unpaired) electrons. The molecule has 2 N–H and O–H groups in total. The van der Waals surface area contributed by atoms with Gasteiger partial charge >= 0.3 is 0 Å². The van der Waals surface area contributed by atoms with Crippen molar-refractivity contribution < 1.29 is 0 Å². The van der Waals surface area contributed by atoms with Crippen LogP contribution >= 0.6 is 0 Å². The van der Waals surface area contributed by atoms with Crippen LogP contribution in [0.15, 0.2) is 29.4 Å². The smallest absolute Gasteiger partial charge is 0.191 e. The van der Waals surface area contributed by atoms with Crippen LogP contribution in [-0.2, 0) is 25.9 Å². The molecular formula is C16H23N7. The Balaban J connectivity index is 1.47. The van der Waals surface area contributed by atoms with Gasteiger partial charge in [-0.2, -0.15) is 0 Å². The average Bonchev–Trinajstić information content (AvgIpc) is 3.02. The van der Waals surface area contributed by atoms with Gasteiger partial charge in [0.25, 0.3) is 0 Å². The van der Waals surface area contributed by atoms with Crippen LogP contribution in [0.25, 0.3) is 0 Å². The lowest BCUT2D eigenvalue weighted by Crippen LogP contribution is -2.38. The summed E-state index contributed by atoms with van der Waals surface area (Å²) in [6.45, 7) is 2.44. The normalized spacial score (nSPS) is 14.4. The van der Waals surface area contributed by atoms with Crippen molar-refractivity contribution in [2.45, 2.75) is 38.8 Å². The number of nitrogens with zero attached hydrogens (tertiary/aromatic N) is 5. The Bertz CT molecular complexity index is 648. The Hall–Kier alpha value is -2.44. The van der Waals surface area contributed by atoms with Gasteiger partial charge in [-0.05, 0) is 25.0 Å². The van der Waals surface area contributed by atoms with Gasteiger partial charge < -0.3 is 15.2 Å². The molecule has 0 spiro atoms. The molecule has 122 valence electrons. The van der Waals surface area contributed by atoms with E-state index in [9.17, 15) is 0 Å². The molecule has 0 fully saturated rings. The van der Waals surface area contributed by atoms with E-state index >= 15 is 0 Å². The maximum Gasteiger partial charge on any atom is 0.191 e. The highest BCUT2D eigenvalue weighted by atomic mass is 15.3. The second kappa shape index (κ2) is 7.71. The zero-order valence-electron chi connectivity index (χ0n) is 13.5. The fraction of sp³-hybridized carbons (Fsp3) is 0.500. The van der Waals surface area contributed by atoms with Crippen LogP contribution in [0.3, 0.4) is 0 Å². The van der Waals surface area contributed by atoms with E-state index in [0.717, 1.165) is 49.2 Å². The second-order valence-electron chi connectivity index (χ2n) is 5.56. The molecule has 0 amide bonds. The number of fused-ring (bicyclic) bond motifs is 1. The van der Waals surface area contributed by atoms with Crippen LogP contribution in [0.2, 0.25) is 0 Å². The fourth-order valence-corrected chi connectivity index (χ4v) is 2.74. The molecule has 7 nitrogen and oxygen atoms in total. The fourth-order valence-electron chi connectivity index (χ4n) is 2.74. The lowest BCUT2D eigenvalue weighted by atomic mass is 10.2. The first-order valence-electron chi connectivity index (χ1n) is 8.12. The Morgan fingerprint density at radius 1 is 1.26 bits per heavy atom. The largest absolute Gasteiger partial charge is 0.356 e. The first kappa shape index (κ1) is 15.5. The predicted molar refractivity (Wildman–Crippen MR) is 89.1 cm³/mol. The molecule has 0 atom stereocenters. The van der Waals surface area contributed by atoms with Gasteiger partial charge in [-0.1, -0.05) is 6.07 Å². The first-order chi connectivity index (χ1) is 11.4. The SMILES string of the molecule is CN=C(NCCc1ccccn1)NCc1nnc2n1CCCC2. The van der Waals surface area contributed by atoms with Crippen LogP contribution < -0.4 is 10.6 Å². The Morgan fingerprint density at radius 2 is 2.22 bits per heavy atom. The predicted octanol–water partition coefficient (Wildman–Crippen LogP) is 0.917. The molecule has 1 aliphatic rings. The molecule has 0 aliphatic carbocycles. The van der Waals surface area contributed by atoms with Gasteiger partial charge in [0.05, 0.1) is 6.54 Å². The van der Waals surface area contributed by atoms with Crippen LogP contribution in [0.4, 0.5) is 0 Å². The maximum absolute atomic E-state index is 4.31. The van der Waals surface area contributed by atoms with Crippen molar-refractivity contribution >= 4 is 5.96 Å². The van der Waals surface area contributed by atoms with Crippen molar-refractivity contribution in [2.24, 2.45) is 4.99 Å². The summed E-state index contributed by atoms with van der Waals surface area (Å²) >= 11 is 0. The van der Waals surface area contributed by atoms with Crippen LogP contribution in [0.1, 0.15) is 30.2 Å². The number of aliphatic imine (C=N–C) groups is 1. The number of aromatic nitrogens is 4. The van der Waals surface area contributed by atoms with Gasteiger partial charge in [0, 0.05) is 44.9 Å². The number of rotatable bonds is 5. The van der Waals surface area contributed by atoms with Gasteiger partial charge in [0.15, 0.2) is 11.8 Å². The minimum absolute atomic E-state index is 0.635. The highest BCUT2D eigenvalue weighted by molar-refractivity contribution is 5.79. The number of pyridine rings is 1. The van der Waals surface area contributed by atoms with Gasteiger partial charge in [-0.3, -0.25) is 9.98 Å². The number of hydrogen-bond acceptors (Lipinski definition) is 4. The summed E-state index contributed by atoms with van der Waals surface area (Å²) in [6, 6.07) is 5.96. The third-order valence-electron chi connectivity index (χ3n) is 3.97. The van der Waals surface area contributed by atoms with Gasteiger partial charge in [0.2, 0.25) is 0 Å².